The molecule has 1 heterocycles. The van der Waals surface area contributed by atoms with Gasteiger partial charge in [-0.2, -0.15) is 0 Å². The lowest BCUT2D eigenvalue weighted by atomic mass is 10.1. The Balaban J connectivity index is 2.19. The van der Waals surface area contributed by atoms with Gasteiger partial charge in [-0.3, -0.25) is 4.79 Å². The molecule has 6 heteroatoms. The van der Waals surface area contributed by atoms with Crippen LogP contribution in [0.3, 0.4) is 0 Å². The van der Waals surface area contributed by atoms with E-state index in [0.29, 0.717) is 22.6 Å². The molecule has 0 saturated heterocycles. The van der Waals surface area contributed by atoms with Crippen LogP contribution in [0.1, 0.15) is 15.9 Å². The number of amides is 1. The maximum Gasteiger partial charge on any atom is 0.255 e. The Labute approximate surface area is 121 Å². The van der Waals surface area contributed by atoms with Crippen molar-refractivity contribution in [2.45, 2.75) is 6.61 Å². The van der Waals surface area contributed by atoms with E-state index in [1.54, 1.807) is 24.3 Å². The van der Waals surface area contributed by atoms with Crippen molar-refractivity contribution < 1.29 is 14.6 Å². The fourth-order valence-corrected chi connectivity index (χ4v) is 1.90. The number of aromatic nitrogens is 1. The van der Waals surface area contributed by atoms with E-state index in [1.807, 2.05) is 0 Å². The van der Waals surface area contributed by atoms with Crippen LogP contribution >= 0.6 is 11.6 Å². The Morgan fingerprint density at radius 3 is 2.85 bits per heavy atom. The van der Waals surface area contributed by atoms with E-state index in [1.165, 1.54) is 19.4 Å². The summed E-state index contributed by atoms with van der Waals surface area (Å²) in [5.74, 6) is 0.265. The quantitative estimate of drug-likeness (QED) is 0.849. The molecule has 0 unspecified atom stereocenters. The van der Waals surface area contributed by atoms with Gasteiger partial charge in [0.1, 0.15) is 10.9 Å². The van der Waals surface area contributed by atoms with Gasteiger partial charge in [0.2, 0.25) is 0 Å². The highest BCUT2D eigenvalue weighted by molar-refractivity contribution is 6.29. The Morgan fingerprint density at radius 1 is 1.40 bits per heavy atom. The monoisotopic (exact) mass is 292 g/mol. The lowest BCUT2D eigenvalue weighted by Crippen LogP contribution is -2.12. The molecular weight excluding hydrogens is 280 g/mol. The molecule has 20 heavy (non-hydrogen) atoms. The molecule has 1 amide bonds. The van der Waals surface area contributed by atoms with E-state index in [2.05, 4.69) is 10.3 Å². The smallest absolute Gasteiger partial charge is 0.255 e. The summed E-state index contributed by atoms with van der Waals surface area (Å²) < 4.78 is 5.10. The number of pyridine rings is 1. The molecular formula is C14H13ClN2O3. The van der Waals surface area contributed by atoms with Crippen molar-refractivity contribution in [2.75, 3.05) is 12.4 Å². The van der Waals surface area contributed by atoms with Gasteiger partial charge in [-0.15, -0.1) is 0 Å². The van der Waals surface area contributed by atoms with Crippen LogP contribution < -0.4 is 10.1 Å². The van der Waals surface area contributed by atoms with E-state index in [0.717, 1.165) is 0 Å². The van der Waals surface area contributed by atoms with Gasteiger partial charge < -0.3 is 15.2 Å². The minimum absolute atomic E-state index is 0.173. The number of methoxy groups -OCH3 is 1. The second-order valence-electron chi connectivity index (χ2n) is 4.01. The van der Waals surface area contributed by atoms with Crippen LogP contribution in [0.15, 0.2) is 36.5 Å². The molecule has 1 aromatic carbocycles. The van der Waals surface area contributed by atoms with E-state index in [4.69, 9.17) is 16.3 Å². The number of carbonyl (C=O) groups excluding carboxylic acids is 1. The Kier molecular flexibility index (Phi) is 4.55. The summed E-state index contributed by atoms with van der Waals surface area (Å²) in [5, 5.41) is 12.2. The van der Waals surface area contributed by atoms with Gasteiger partial charge in [0, 0.05) is 23.0 Å². The van der Waals surface area contributed by atoms with Crippen LogP contribution in [0.2, 0.25) is 5.15 Å². The number of benzene rings is 1. The molecule has 2 aromatic rings. The molecule has 5 nitrogen and oxygen atoms in total. The predicted molar refractivity (Wildman–Crippen MR) is 76.1 cm³/mol. The van der Waals surface area contributed by atoms with Gasteiger partial charge in [-0.1, -0.05) is 11.6 Å². The predicted octanol–water partition coefficient (Wildman–Crippen LogP) is 2.49. The van der Waals surface area contributed by atoms with Gasteiger partial charge in [0.05, 0.1) is 13.7 Å². The number of aliphatic hydroxyl groups excluding tert-OH is 1. The maximum atomic E-state index is 12.0. The van der Waals surface area contributed by atoms with Crippen LogP contribution in [0.5, 0.6) is 5.75 Å². The molecule has 104 valence electrons. The van der Waals surface area contributed by atoms with Crippen LogP contribution in [0.4, 0.5) is 5.69 Å². The highest BCUT2D eigenvalue weighted by Crippen LogP contribution is 2.23. The second kappa shape index (κ2) is 6.36. The number of hydrogen-bond donors (Lipinski definition) is 2. The molecule has 2 rings (SSSR count). The topological polar surface area (TPSA) is 71.5 Å². The Hall–Kier alpha value is -2.11. The molecule has 0 bridgehead atoms. The third kappa shape index (κ3) is 3.26. The number of nitrogens with one attached hydrogen (secondary N) is 1. The number of aliphatic hydroxyl groups is 1. The first kappa shape index (κ1) is 14.3. The lowest BCUT2D eigenvalue weighted by Gasteiger charge is -2.10. The van der Waals surface area contributed by atoms with Crippen molar-refractivity contribution in [1.82, 2.24) is 4.98 Å². The van der Waals surface area contributed by atoms with Crippen molar-refractivity contribution in [2.24, 2.45) is 0 Å². The molecule has 0 atom stereocenters. The van der Waals surface area contributed by atoms with Crippen LogP contribution in [0.25, 0.3) is 0 Å². The van der Waals surface area contributed by atoms with Crippen molar-refractivity contribution >= 4 is 23.2 Å². The fourth-order valence-electron chi connectivity index (χ4n) is 1.73. The number of carbonyl (C=O) groups is 1. The van der Waals surface area contributed by atoms with Crippen molar-refractivity contribution in [3.8, 4) is 5.75 Å². The third-order valence-corrected chi connectivity index (χ3v) is 2.90. The van der Waals surface area contributed by atoms with Crippen molar-refractivity contribution in [3.05, 3.63) is 52.8 Å². The summed E-state index contributed by atoms with van der Waals surface area (Å²) in [7, 11) is 1.52. The fraction of sp³-hybridized carbons (Fsp3) is 0.143. The summed E-state index contributed by atoms with van der Waals surface area (Å²) in [6, 6.07) is 8.07. The largest absolute Gasteiger partial charge is 0.496 e. The molecule has 2 N–H and O–H groups in total. The average Bonchev–Trinajstić information content (AvgIpc) is 2.47. The summed E-state index contributed by atoms with van der Waals surface area (Å²) in [6.07, 6.45) is 1.46. The first-order chi connectivity index (χ1) is 9.63. The van der Waals surface area contributed by atoms with Crippen LogP contribution in [-0.2, 0) is 6.61 Å². The summed E-state index contributed by atoms with van der Waals surface area (Å²) in [5.41, 5.74) is 1.57. The van der Waals surface area contributed by atoms with Gasteiger partial charge in [0.15, 0.2) is 0 Å². The number of hydrogen-bond acceptors (Lipinski definition) is 4. The minimum atomic E-state index is -0.302. The number of nitrogens with zero attached hydrogens (tertiary/aromatic N) is 1. The summed E-state index contributed by atoms with van der Waals surface area (Å²) >= 11 is 5.74. The minimum Gasteiger partial charge on any atom is -0.496 e. The van der Waals surface area contributed by atoms with Gasteiger partial charge in [0.25, 0.3) is 5.91 Å². The molecule has 0 aliphatic carbocycles. The second-order valence-corrected chi connectivity index (χ2v) is 4.39. The molecule has 0 fully saturated rings. The van der Waals surface area contributed by atoms with Gasteiger partial charge >= 0.3 is 0 Å². The summed E-state index contributed by atoms with van der Waals surface area (Å²) in [6.45, 7) is -0.173. The zero-order valence-electron chi connectivity index (χ0n) is 10.8. The van der Waals surface area contributed by atoms with Gasteiger partial charge in [-0.05, 0) is 30.3 Å². The van der Waals surface area contributed by atoms with E-state index >= 15 is 0 Å². The van der Waals surface area contributed by atoms with Crippen LogP contribution in [-0.4, -0.2) is 23.1 Å². The standard InChI is InChI=1S/C14H13ClN2O3/c1-20-12-3-2-11(6-10(12)8-18)17-14(19)9-4-5-16-13(15)7-9/h2-7,18H,8H2,1H3,(H,17,19). The normalized spacial score (nSPS) is 10.2. The Morgan fingerprint density at radius 2 is 2.20 bits per heavy atom. The highest BCUT2D eigenvalue weighted by atomic mass is 35.5. The molecule has 0 aliphatic rings. The van der Waals surface area contributed by atoms with Crippen molar-refractivity contribution in [3.63, 3.8) is 0 Å². The molecule has 1 aromatic heterocycles. The number of halogens is 1. The number of ether oxygens (including phenoxy) is 1. The molecule has 0 saturated carbocycles. The third-order valence-electron chi connectivity index (χ3n) is 2.70. The highest BCUT2D eigenvalue weighted by Gasteiger charge is 2.09. The van der Waals surface area contributed by atoms with E-state index in [9.17, 15) is 9.90 Å². The summed E-state index contributed by atoms with van der Waals surface area (Å²) in [4.78, 5) is 15.8. The zero-order chi connectivity index (χ0) is 14.5. The van der Waals surface area contributed by atoms with E-state index in [-0.39, 0.29) is 17.7 Å². The average molecular weight is 293 g/mol. The first-order valence-electron chi connectivity index (χ1n) is 5.84. The lowest BCUT2D eigenvalue weighted by molar-refractivity contribution is 0.102. The number of rotatable bonds is 4. The first-order valence-corrected chi connectivity index (χ1v) is 6.22. The zero-order valence-corrected chi connectivity index (χ0v) is 11.5. The van der Waals surface area contributed by atoms with Crippen LogP contribution in [0, 0.1) is 0 Å². The van der Waals surface area contributed by atoms with Gasteiger partial charge in [-0.25, -0.2) is 4.98 Å². The SMILES string of the molecule is COc1ccc(NC(=O)c2ccnc(Cl)c2)cc1CO. The maximum absolute atomic E-state index is 12.0. The Bertz CT molecular complexity index is 632. The number of anilines is 1. The molecule has 0 aliphatic heterocycles. The van der Waals surface area contributed by atoms with E-state index < -0.39 is 0 Å². The van der Waals surface area contributed by atoms with Crippen molar-refractivity contribution in [1.29, 1.82) is 0 Å². The molecule has 0 spiro atoms. The molecule has 0 radical (unpaired) electrons.